The predicted molar refractivity (Wildman–Crippen MR) is 377 cm³/mol. The van der Waals surface area contributed by atoms with Gasteiger partial charge in [0.2, 0.25) is 21.7 Å². The molecule has 6 aliphatic carbocycles. The fraction of sp³-hybridized carbons (Fsp3) is 0.191. The van der Waals surface area contributed by atoms with Gasteiger partial charge in [0.15, 0.2) is 0 Å². The molecule has 12 aromatic rings. The maximum Gasteiger partial charge on any atom is 0.411 e. The molecule has 0 nitrogen and oxygen atoms in total. The zero-order valence-corrected chi connectivity index (χ0v) is 59.1. The van der Waals surface area contributed by atoms with Gasteiger partial charge in [-0.25, -0.2) is 0 Å². The molecule has 0 atom stereocenters. The number of alkyl halides is 30. The third-order valence-electron chi connectivity index (χ3n) is 24.9. The van der Waals surface area contributed by atoms with Gasteiger partial charge in [-0.3, -0.25) is 0 Å². The quantitative estimate of drug-likeness (QED) is 0.146. The molecule has 6 aliphatic rings. The number of fused-ring (bicyclic) bond motifs is 18. The van der Waals surface area contributed by atoms with Gasteiger partial charge in [0.25, 0.3) is 0 Å². The predicted octanol–water partition coefficient (Wildman–Crippen LogP) is 28.7. The van der Waals surface area contributed by atoms with Gasteiger partial charge in [0, 0.05) is 0 Å². The normalized spacial score (nSPS) is 17.3. The SMILES string of the molecule is FC(F)(F)C1(CC2(C(F)(F)F)c3cc(-c4ccc5c(c4)-c4ccccc4C5(C(F)(F)F)C(F)(F)F)ccc3-c3ccc(-c4ccc5c(c4)-c4ccccc4C5(C(F)(F)F)C(F)(F)F)cc32)c2cc(-c3ccc4c(c3)-c3ccccc3C4(C(F)(F)F)C(F)(F)F)ccc2-c2ccc(-c3ccc4c(c3)-c3ccccc3C4(C(F)(F)F)C(F)(F)F)cc21. The Labute approximate surface area is 650 Å². The van der Waals surface area contributed by atoms with Crippen LogP contribution in [0.2, 0.25) is 0 Å². The van der Waals surface area contributed by atoms with Gasteiger partial charge in [0.05, 0.1) is 0 Å². The second-order valence-electron chi connectivity index (χ2n) is 30.2. The first-order valence-corrected chi connectivity index (χ1v) is 35.6. The largest absolute Gasteiger partial charge is 0.411 e. The molecule has 0 bridgehead atoms. The van der Waals surface area contributed by atoms with Crippen LogP contribution in [0.4, 0.5) is 132 Å². The summed E-state index contributed by atoms with van der Waals surface area (Å²) in [4.78, 5) is 0. The first kappa shape index (κ1) is 78.7. The van der Waals surface area contributed by atoms with Crippen LogP contribution in [0.5, 0.6) is 0 Å². The van der Waals surface area contributed by atoms with Crippen molar-refractivity contribution in [3.63, 3.8) is 0 Å². The number of halogens is 30. The molecule has 0 amide bonds. The van der Waals surface area contributed by atoms with Crippen molar-refractivity contribution in [2.75, 3.05) is 0 Å². The van der Waals surface area contributed by atoms with Crippen molar-refractivity contribution in [1.82, 2.24) is 0 Å². The van der Waals surface area contributed by atoms with Crippen molar-refractivity contribution in [2.45, 2.75) is 101 Å². The fourth-order valence-corrected chi connectivity index (χ4v) is 20.1. The second kappa shape index (κ2) is 24.2. The van der Waals surface area contributed by atoms with E-state index in [2.05, 4.69) is 0 Å². The Bertz CT molecular complexity index is 5540. The molecule has 0 unspecified atom stereocenters. The highest BCUT2D eigenvalue weighted by atomic mass is 19.5. The molecule has 0 aromatic heterocycles. The molecule has 30 heteroatoms. The zero-order valence-electron chi connectivity index (χ0n) is 59.1. The molecular weight excluding hydrogens is 1640 g/mol. The molecule has 0 saturated heterocycles. The van der Waals surface area contributed by atoms with Crippen molar-refractivity contribution < 1.29 is 132 Å². The Hall–Kier alpha value is -11.5. The van der Waals surface area contributed by atoms with Crippen LogP contribution in [-0.4, -0.2) is 61.8 Å². The third kappa shape index (κ3) is 9.81. The van der Waals surface area contributed by atoms with Crippen molar-refractivity contribution >= 4 is 0 Å². The molecule has 0 radical (unpaired) electrons. The number of hydrogen-bond acceptors (Lipinski definition) is 0. The Kier molecular flexibility index (Phi) is 16.0. The van der Waals surface area contributed by atoms with Crippen LogP contribution in [0.25, 0.3) is 111 Å². The topological polar surface area (TPSA) is 0 Å². The van der Waals surface area contributed by atoms with Gasteiger partial charge >= 0.3 is 61.8 Å². The lowest BCUT2D eigenvalue weighted by Gasteiger charge is -2.44. The average Bonchev–Trinajstić information content (AvgIpc) is 1.37. The van der Waals surface area contributed by atoms with Crippen LogP contribution in [0.15, 0.2) is 243 Å². The first-order valence-electron chi connectivity index (χ1n) is 35.6. The Balaban J connectivity index is 0.911. The fourth-order valence-electron chi connectivity index (χ4n) is 20.1. The summed E-state index contributed by atoms with van der Waals surface area (Å²) in [6.07, 6.45) is -64.2. The summed E-state index contributed by atoms with van der Waals surface area (Å²) in [5.41, 5.74) is -55.7. The van der Waals surface area contributed by atoms with E-state index in [1.807, 2.05) is 0 Å². The number of hydrogen-bond donors (Lipinski definition) is 0. The van der Waals surface area contributed by atoms with Crippen molar-refractivity contribution in [1.29, 1.82) is 0 Å². The molecule has 0 aliphatic heterocycles. The Morgan fingerprint density at radius 1 is 0.143 bits per heavy atom. The van der Waals surface area contributed by atoms with Crippen molar-refractivity contribution in [2.24, 2.45) is 0 Å². The summed E-state index contributed by atoms with van der Waals surface area (Å²) >= 11 is 0. The Morgan fingerprint density at radius 2 is 0.294 bits per heavy atom. The third-order valence-corrected chi connectivity index (χ3v) is 24.9. The highest BCUT2D eigenvalue weighted by Gasteiger charge is 2.80. The molecule has 608 valence electrons. The van der Waals surface area contributed by atoms with E-state index in [9.17, 15) is 0 Å². The lowest BCUT2D eigenvalue weighted by atomic mass is 9.61. The number of rotatable bonds is 6. The molecule has 0 heterocycles. The van der Waals surface area contributed by atoms with E-state index in [0.29, 0.717) is 97.1 Å². The van der Waals surface area contributed by atoms with Crippen molar-refractivity contribution in [3.8, 4) is 111 Å². The summed E-state index contributed by atoms with van der Waals surface area (Å²) < 4.78 is 484. The van der Waals surface area contributed by atoms with Crippen LogP contribution in [0.3, 0.4) is 0 Å². The smallest absolute Gasteiger partial charge is 0.170 e. The maximum absolute atomic E-state index is 18.6. The lowest BCUT2D eigenvalue weighted by Crippen LogP contribution is -2.53. The summed E-state index contributed by atoms with van der Waals surface area (Å²) in [6, 6.07) is 31.2. The van der Waals surface area contributed by atoms with E-state index in [1.165, 1.54) is 0 Å². The van der Waals surface area contributed by atoms with E-state index < -0.39 is 279 Å². The standard InChI is InChI=1S/C89H42F30/c90-80(91,92)74(70-37-46(42-21-29-66-58(33-42)50-9-1-5-13-62(50)76(66,82(96,97)98)83(99,100)101)17-25-54(70)55-26-18-47(38-71(55)74)43-22-30-67-59(34-43)51-10-2-6-14-63(51)77(67,84(102,103)104)85(105,106)107)41-75(81(93,94)95)72-39-48(44-23-31-68-60(35-44)52-11-3-7-15-64(52)78(68,86(108,109)110)87(111,112)113)19-27-56(72)57-28-20-49(40-73(57)75)45-24-32-69-61(36-45)53-12-4-8-16-65(53)79(69,88(114,115)116)89(117,118)119/h1-40H,41H2. The minimum atomic E-state index is -6.25. The minimum absolute atomic E-state index is 0.408. The monoisotopic (exact) mass is 1680 g/mol. The number of benzene rings is 12. The molecule has 0 spiro atoms. The summed E-state index contributed by atoms with van der Waals surface area (Å²) in [7, 11) is 0. The van der Waals surface area contributed by atoms with Crippen LogP contribution < -0.4 is 0 Å². The van der Waals surface area contributed by atoms with Gasteiger partial charge in [-0.2, -0.15) is 132 Å². The second-order valence-corrected chi connectivity index (χ2v) is 30.2. The minimum Gasteiger partial charge on any atom is -0.170 e. The molecule has 0 saturated carbocycles. The molecule has 12 aromatic carbocycles. The van der Waals surface area contributed by atoms with Gasteiger partial charge in [0.1, 0.15) is 10.8 Å². The van der Waals surface area contributed by atoms with E-state index in [-0.39, 0.29) is 0 Å². The van der Waals surface area contributed by atoms with Crippen LogP contribution in [-0.2, 0) is 32.5 Å². The molecule has 0 fully saturated rings. The summed E-state index contributed by atoms with van der Waals surface area (Å²) in [6.45, 7) is 0. The van der Waals surface area contributed by atoms with E-state index in [1.54, 1.807) is 0 Å². The van der Waals surface area contributed by atoms with Gasteiger partial charge in [-0.05, 0) is 233 Å². The van der Waals surface area contributed by atoms with Gasteiger partial charge < -0.3 is 0 Å². The highest BCUT2D eigenvalue weighted by molar-refractivity contribution is 5.95. The summed E-state index contributed by atoms with van der Waals surface area (Å²) in [5, 5.41) is 0. The molecule has 119 heavy (non-hydrogen) atoms. The van der Waals surface area contributed by atoms with Gasteiger partial charge in [-0.15, -0.1) is 0 Å². The summed E-state index contributed by atoms with van der Waals surface area (Å²) in [5.74, 6) is 0. The van der Waals surface area contributed by atoms with Gasteiger partial charge in [-0.1, -0.05) is 194 Å². The Morgan fingerprint density at radius 3 is 0.471 bits per heavy atom. The molecule has 0 N–H and O–H groups in total. The molecule has 18 rings (SSSR count). The molecular formula is C89H42F30. The van der Waals surface area contributed by atoms with Crippen molar-refractivity contribution in [3.05, 3.63) is 309 Å². The highest BCUT2D eigenvalue weighted by Crippen LogP contribution is 2.73. The van der Waals surface area contributed by atoms with E-state index in [4.69, 9.17) is 0 Å². The zero-order chi connectivity index (χ0) is 85.5. The van der Waals surface area contributed by atoms with Crippen LogP contribution in [0, 0.1) is 0 Å². The van der Waals surface area contributed by atoms with E-state index >= 15 is 132 Å². The lowest BCUT2D eigenvalue weighted by molar-refractivity contribution is -0.288. The first-order chi connectivity index (χ1) is 55.3. The van der Waals surface area contributed by atoms with Crippen LogP contribution >= 0.6 is 0 Å². The maximum atomic E-state index is 18.6. The van der Waals surface area contributed by atoms with Crippen LogP contribution in [0.1, 0.15) is 73.2 Å². The van der Waals surface area contributed by atoms with E-state index in [0.717, 1.165) is 146 Å². The average molecular weight is 1680 g/mol.